The molecule has 454 valence electrons. The fourth-order valence-corrected chi connectivity index (χ4v) is 10.8. The zero-order valence-electron chi connectivity index (χ0n) is 52.0. The van der Waals surface area contributed by atoms with Crippen LogP contribution in [0.1, 0.15) is 380 Å². The first-order chi connectivity index (χ1) is 38.0. The molecule has 0 aliphatic rings. The molecule has 0 aromatic heterocycles. The molecule has 77 heavy (non-hydrogen) atoms. The van der Waals surface area contributed by atoms with Gasteiger partial charge in [-0.3, -0.25) is 9.59 Å². The van der Waals surface area contributed by atoms with Gasteiger partial charge in [-0.05, 0) is 83.5 Å². The second kappa shape index (κ2) is 66.6. The highest BCUT2D eigenvalue weighted by atomic mass is 16.5. The van der Waals surface area contributed by atoms with Gasteiger partial charge in [0.2, 0.25) is 5.91 Å². The first-order valence-electron chi connectivity index (χ1n) is 34.7. The third kappa shape index (κ3) is 63.1. The molecule has 0 rings (SSSR count). The number of unbranched alkanes of at least 4 members (excludes halogenated alkanes) is 48. The molecule has 6 nitrogen and oxygen atoms in total. The molecule has 0 saturated heterocycles. The van der Waals surface area contributed by atoms with Gasteiger partial charge in [-0.2, -0.15) is 0 Å². The van der Waals surface area contributed by atoms with E-state index in [4.69, 9.17) is 4.74 Å². The van der Waals surface area contributed by atoms with Crippen LogP contribution >= 0.6 is 0 Å². The van der Waals surface area contributed by atoms with Crippen LogP contribution in [-0.4, -0.2) is 47.4 Å². The number of carbonyl (C=O) groups excluding carboxylic acids is 2. The number of amides is 1. The second-order valence-electron chi connectivity index (χ2n) is 23.9. The van der Waals surface area contributed by atoms with Crippen molar-refractivity contribution in [2.75, 3.05) is 13.2 Å². The number of hydrogen-bond acceptors (Lipinski definition) is 5. The van der Waals surface area contributed by atoms with E-state index < -0.39 is 12.1 Å². The van der Waals surface area contributed by atoms with Crippen molar-refractivity contribution in [2.45, 2.75) is 392 Å². The first kappa shape index (κ1) is 75.1. The van der Waals surface area contributed by atoms with Crippen LogP contribution in [0.2, 0.25) is 0 Å². The molecule has 0 fully saturated rings. The fraction of sp³-hybridized carbons (Fsp3) is 0.887. The maximum Gasteiger partial charge on any atom is 0.305 e. The third-order valence-electron chi connectivity index (χ3n) is 16.2. The van der Waals surface area contributed by atoms with Crippen LogP contribution in [0.3, 0.4) is 0 Å². The Bertz CT molecular complexity index is 1250. The summed E-state index contributed by atoms with van der Waals surface area (Å²) in [5.41, 5.74) is 0. The standard InChI is InChI=1S/C71H135NO5/c1-3-5-7-9-11-13-15-17-19-21-22-23-24-26-29-32-35-39-43-47-51-55-59-63-69(74)68(67-73)72-70(75)64-60-56-52-48-44-40-36-33-30-27-25-28-31-34-38-42-46-50-54-58-62-66-77-71(76)65-61-57-53-49-45-41-37-20-18-16-14-12-10-8-6-4-2/h14,16,20,27,30,37,68-69,73-74H,3-13,15,17-19,21-26,28-29,31-36,38-67H2,1-2H3,(H,72,75)/b16-14-,30-27-,37-20-. The molecule has 0 bridgehead atoms. The summed E-state index contributed by atoms with van der Waals surface area (Å²) in [7, 11) is 0. The number of carbonyl (C=O) groups is 2. The Hall–Kier alpha value is -1.92. The van der Waals surface area contributed by atoms with E-state index in [9.17, 15) is 19.8 Å². The molecule has 0 radical (unpaired) electrons. The van der Waals surface area contributed by atoms with Crippen LogP contribution in [0.25, 0.3) is 0 Å². The van der Waals surface area contributed by atoms with Gasteiger partial charge in [-0.15, -0.1) is 0 Å². The number of allylic oxidation sites excluding steroid dienone is 6. The maximum atomic E-state index is 12.5. The predicted octanol–water partition coefficient (Wildman–Crippen LogP) is 22.3. The lowest BCUT2D eigenvalue weighted by atomic mass is 10.0. The van der Waals surface area contributed by atoms with Crippen molar-refractivity contribution in [3.05, 3.63) is 36.5 Å². The number of hydrogen-bond donors (Lipinski definition) is 3. The van der Waals surface area contributed by atoms with Crippen molar-refractivity contribution in [3.8, 4) is 0 Å². The van der Waals surface area contributed by atoms with Gasteiger partial charge < -0.3 is 20.3 Å². The molecule has 2 atom stereocenters. The molecule has 6 heteroatoms. The SMILES string of the molecule is CCCCCC/C=C\C/C=C\CCCCCCCC(=O)OCCCCCCCCCCCC/C=C\CCCCCCCCCC(=O)NC(CO)C(O)CCCCCCCCCCCCCCCCCCCCCCCCC. The van der Waals surface area contributed by atoms with Crippen LogP contribution in [-0.2, 0) is 14.3 Å². The summed E-state index contributed by atoms with van der Waals surface area (Å²) >= 11 is 0. The Morgan fingerprint density at radius 1 is 0.364 bits per heavy atom. The topological polar surface area (TPSA) is 95.9 Å². The van der Waals surface area contributed by atoms with Crippen LogP contribution in [0.15, 0.2) is 36.5 Å². The van der Waals surface area contributed by atoms with E-state index in [0.717, 1.165) is 51.4 Å². The number of ether oxygens (including phenoxy) is 1. The smallest absolute Gasteiger partial charge is 0.305 e. The van der Waals surface area contributed by atoms with E-state index in [1.165, 1.54) is 295 Å². The molecule has 0 aromatic carbocycles. The number of rotatable bonds is 65. The van der Waals surface area contributed by atoms with Gasteiger partial charge in [-0.1, -0.05) is 320 Å². The Kier molecular flexibility index (Phi) is 64.9. The van der Waals surface area contributed by atoms with Gasteiger partial charge in [0.1, 0.15) is 0 Å². The minimum Gasteiger partial charge on any atom is -0.466 e. The first-order valence-corrected chi connectivity index (χ1v) is 34.7. The quantitative estimate of drug-likeness (QED) is 0.0320. The molecule has 0 aromatic rings. The van der Waals surface area contributed by atoms with Crippen molar-refractivity contribution in [2.24, 2.45) is 0 Å². The molecule has 0 spiro atoms. The molecule has 0 heterocycles. The summed E-state index contributed by atoms with van der Waals surface area (Å²) < 4.78 is 5.48. The summed E-state index contributed by atoms with van der Waals surface area (Å²) in [4.78, 5) is 24.6. The Balaban J connectivity index is 3.43. The number of nitrogens with one attached hydrogen (secondary N) is 1. The lowest BCUT2D eigenvalue weighted by molar-refractivity contribution is -0.143. The molecule has 1 amide bonds. The minimum atomic E-state index is -0.671. The Morgan fingerprint density at radius 3 is 1.01 bits per heavy atom. The average molecular weight is 1080 g/mol. The van der Waals surface area contributed by atoms with Gasteiger partial charge in [0, 0.05) is 12.8 Å². The van der Waals surface area contributed by atoms with Crippen molar-refractivity contribution < 1.29 is 24.5 Å². The van der Waals surface area contributed by atoms with Gasteiger partial charge in [0.05, 0.1) is 25.4 Å². The van der Waals surface area contributed by atoms with Crippen molar-refractivity contribution in [1.29, 1.82) is 0 Å². The van der Waals surface area contributed by atoms with Crippen LogP contribution in [0.5, 0.6) is 0 Å². The third-order valence-corrected chi connectivity index (χ3v) is 16.2. The van der Waals surface area contributed by atoms with E-state index in [1.807, 2.05) is 0 Å². The molecular weight excluding hydrogens is 947 g/mol. The van der Waals surface area contributed by atoms with Gasteiger partial charge in [0.25, 0.3) is 0 Å². The summed E-state index contributed by atoms with van der Waals surface area (Å²) in [5.74, 6) is -0.0438. The molecule has 0 aliphatic carbocycles. The summed E-state index contributed by atoms with van der Waals surface area (Å²) in [6.45, 7) is 4.95. The van der Waals surface area contributed by atoms with E-state index in [2.05, 4.69) is 55.6 Å². The van der Waals surface area contributed by atoms with Crippen molar-refractivity contribution in [3.63, 3.8) is 0 Å². The number of aliphatic hydroxyl groups is 2. The van der Waals surface area contributed by atoms with Crippen molar-refractivity contribution >= 4 is 11.9 Å². The average Bonchev–Trinajstić information content (AvgIpc) is 3.43. The molecule has 0 aliphatic heterocycles. The largest absolute Gasteiger partial charge is 0.466 e. The van der Waals surface area contributed by atoms with E-state index >= 15 is 0 Å². The normalized spacial score (nSPS) is 12.7. The van der Waals surface area contributed by atoms with Crippen molar-refractivity contribution in [1.82, 2.24) is 5.32 Å². The summed E-state index contributed by atoms with van der Waals surface area (Å²) in [6, 6.07) is -0.549. The maximum absolute atomic E-state index is 12.5. The minimum absolute atomic E-state index is 0.00458. The predicted molar refractivity (Wildman–Crippen MR) is 338 cm³/mol. The fourth-order valence-electron chi connectivity index (χ4n) is 10.8. The van der Waals surface area contributed by atoms with E-state index in [1.54, 1.807) is 0 Å². The summed E-state index contributed by atoms with van der Waals surface area (Å²) in [6.07, 6.45) is 84.6. The molecule has 3 N–H and O–H groups in total. The molecular formula is C71H135NO5. The Morgan fingerprint density at radius 2 is 0.649 bits per heavy atom. The van der Waals surface area contributed by atoms with Crippen LogP contribution in [0, 0.1) is 0 Å². The van der Waals surface area contributed by atoms with Crippen LogP contribution in [0.4, 0.5) is 0 Å². The lowest BCUT2D eigenvalue weighted by Crippen LogP contribution is -2.45. The van der Waals surface area contributed by atoms with Gasteiger partial charge in [0.15, 0.2) is 0 Å². The zero-order valence-corrected chi connectivity index (χ0v) is 52.0. The number of esters is 1. The molecule has 2 unspecified atom stereocenters. The molecule has 0 saturated carbocycles. The highest BCUT2D eigenvalue weighted by molar-refractivity contribution is 5.76. The second-order valence-corrected chi connectivity index (χ2v) is 23.9. The van der Waals surface area contributed by atoms with Gasteiger partial charge in [-0.25, -0.2) is 0 Å². The van der Waals surface area contributed by atoms with E-state index in [-0.39, 0.29) is 18.5 Å². The van der Waals surface area contributed by atoms with Gasteiger partial charge >= 0.3 is 5.97 Å². The highest BCUT2D eigenvalue weighted by Gasteiger charge is 2.20. The van der Waals surface area contributed by atoms with Crippen LogP contribution < -0.4 is 5.32 Å². The summed E-state index contributed by atoms with van der Waals surface area (Å²) in [5, 5.41) is 23.4. The lowest BCUT2D eigenvalue weighted by Gasteiger charge is -2.22. The number of aliphatic hydroxyl groups excluding tert-OH is 2. The van der Waals surface area contributed by atoms with E-state index in [0.29, 0.717) is 25.9 Å². The monoisotopic (exact) mass is 1080 g/mol. The Labute approximate surface area is 481 Å². The zero-order chi connectivity index (χ0) is 55.7. The highest BCUT2D eigenvalue weighted by Crippen LogP contribution is 2.18.